The summed E-state index contributed by atoms with van der Waals surface area (Å²) < 4.78 is 17.8. The monoisotopic (exact) mass is 415 g/mol. The number of fused-ring (bicyclic) bond motifs is 3. The number of hydrogen-bond donors (Lipinski definition) is 0. The molecule has 1 fully saturated rings. The first-order chi connectivity index (χ1) is 14.4. The number of para-hydroxylation sites is 1. The Balaban J connectivity index is 2.00. The molecule has 2 heterocycles. The van der Waals surface area contributed by atoms with Gasteiger partial charge in [-0.1, -0.05) is 6.07 Å². The van der Waals surface area contributed by atoms with Gasteiger partial charge >= 0.3 is 0 Å². The van der Waals surface area contributed by atoms with E-state index >= 15 is 0 Å². The first kappa shape index (κ1) is 22.1. The Morgan fingerprint density at radius 3 is 2.67 bits per heavy atom. The van der Waals surface area contributed by atoms with Crippen molar-refractivity contribution in [2.24, 2.45) is 0 Å². The number of ether oxygens (including phenoxy) is 3. The van der Waals surface area contributed by atoms with E-state index in [1.807, 2.05) is 0 Å². The number of carbonyl (C=O) groups is 2. The summed E-state index contributed by atoms with van der Waals surface area (Å²) in [5.74, 6) is -0.314. The molecule has 1 aromatic carbocycles. The van der Waals surface area contributed by atoms with Crippen LogP contribution in [0.1, 0.15) is 42.1 Å². The van der Waals surface area contributed by atoms with E-state index in [9.17, 15) is 14.9 Å². The summed E-state index contributed by atoms with van der Waals surface area (Å²) in [6.45, 7) is 2.41. The molecule has 2 bridgehead atoms. The van der Waals surface area contributed by atoms with Gasteiger partial charge in [0.05, 0.1) is 23.3 Å². The Labute approximate surface area is 177 Å². The average Bonchev–Trinajstić information content (AvgIpc) is 2.78. The van der Waals surface area contributed by atoms with E-state index in [1.54, 1.807) is 51.2 Å². The van der Waals surface area contributed by atoms with Gasteiger partial charge in [-0.15, -0.1) is 0 Å². The molecule has 0 N–H and O–H groups in total. The van der Waals surface area contributed by atoms with Crippen molar-refractivity contribution in [3.8, 4) is 11.8 Å². The van der Waals surface area contributed by atoms with Gasteiger partial charge < -0.3 is 24.0 Å². The van der Waals surface area contributed by atoms with E-state index in [2.05, 4.69) is 6.07 Å². The van der Waals surface area contributed by atoms with Crippen molar-refractivity contribution in [2.45, 2.75) is 50.5 Å². The smallest absolute Gasteiger partial charge is 0.258 e. The summed E-state index contributed by atoms with van der Waals surface area (Å²) in [6.07, 6.45) is 1.87. The van der Waals surface area contributed by atoms with Gasteiger partial charge in [0, 0.05) is 27.7 Å². The zero-order valence-electron chi connectivity index (χ0n) is 18.0. The number of amides is 2. The zero-order chi connectivity index (χ0) is 21.8. The molecule has 8 nitrogen and oxygen atoms in total. The number of nitrogens with zero attached hydrogens (tertiary/aromatic N) is 3. The van der Waals surface area contributed by atoms with Crippen molar-refractivity contribution < 1.29 is 23.8 Å². The predicted molar refractivity (Wildman–Crippen MR) is 109 cm³/mol. The predicted octanol–water partition coefficient (Wildman–Crippen LogP) is 1.82. The Hall–Kier alpha value is -2.63. The van der Waals surface area contributed by atoms with Gasteiger partial charge in [-0.2, -0.15) is 5.26 Å². The number of nitriles is 1. The second-order valence-electron chi connectivity index (χ2n) is 7.89. The van der Waals surface area contributed by atoms with E-state index in [0.29, 0.717) is 13.0 Å². The van der Waals surface area contributed by atoms with Gasteiger partial charge in [0.1, 0.15) is 30.6 Å². The molecule has 162 valence electrons. The summed E-state index contributed by atoms with van der Waals surface area (Å²) in [7, 11) is 4.97. The van der Waals surface area contributed by atoms with Crippen LogP contribution in [-0.4, -0.2) is 80.3 Å². The summed E-state index contributed by atoms with van der Waals surface area (Å²) in [5, 5.41) is 9.55. The van der Waals surface area contributed by atoms with Crippen molar-refractivity contribution >= 4 is 11.8 Å². The van der Waals surface area contributed by atoms with E-state index in [1.165, 1.54) is 4.90 Å². The average molecular weight is 415 g/mol. The lowest BCUT2D eigenvalue weighted by atomic mass is 9.99. The van der Waals surface area contributed by atoms with Crippen molar-refractivity contribution in [3.05, 3.63) is 29.3 Å². The van der Waals surface area contributed by atoms with Crippen molar-refractivity contribution in [2.75, 3.05) is 34.4 Å². The molecule has 30 heavy (non-hydrogen) atoms. The van der Waals surface area contributed by atoms with Crippen LogP contribution in [0.2, 0.25) is 0 Å². The minimum absolute atomic E-state index is 0.0106. The summed E-state index contributed by atoms with van der Waals surface area (Å²) in [5.41, 5.74) is 0.510. The molecule has 2 aliphatic rings. The molecular formula is C22H29N3O5. The molecule has 1 aromatic rings. The lowest BCUT2D eigenvalue weighted by Gasteiger charge is -2.37. The number of rotatable bonds is 1. The van der Waals surface area contributed by atoms with Crippen LogP contribution in [0, 0.1) is 11.3 Å². The molecule has 2 amide bonds. The first-order valence-corrected chi connectivity index (χ1v) is 10.2. The van der Waals surface area contributed by atoms with Gasteiger partial charge in [0.25, 0.3) is 5.91 Å². The van der Waals surface area contributed by atoms with Crippen LogP contribution in [0.15, 0.2) is 18.2 Å². The highest BCUT2D eigenvalue weighted by Crippen LogP contribution is 2.29. The zero-order valence-corrected chi connectivity index (χ0v) is 18.0. The summed E-state index contributed by atoms with van der Waals surface area (Å²) in [6, 6.07) is 6.30. The third kappa shape index (κ3) is 4.42. The molecule has 4 atom stereocenters. The molecule has 0 aromatic heterocycles. The van der Waals surface area contributed by atoms with Crippen LogP contribution in [0.5, 0.6) is 5.75 Å². The number of carbonyl (C=O) groups excluding carboxylic acids is 2. The minimum atomic E-state index is -0.651. The molecule has 0 aliphatic carbocycles. The highest BCUT2D eigenvalue weighted by molar-refractivity contribution is 6.00. The summed E-state index contributed by atoms with van der Waals surface area (Å²) in [4.78, 5) is 29.1. The first-order valence-electron chi connectivity index (χ1n) is 10.2. The van der Waals surface area contributed by atoms with Crippen LogP contribution in [0.3, 0.4) is 0 Å². The summed E-state index contributed by atoms with van der Waals surface area (Å²) >= 11 is 0. The van der Waals surface area contributed by atoms with Gasteiger partial charge in [0.15, 0.2) is 0 Å². The second kappa shape index (κ2) is 9.45. The molecule has 8 heteroatoms. The van der Waals surface area contributed by atoms with Crippen LogP contribution in [0.25, 0.3) is 0 Å². The number of methoxy groups -OCH3 is 1. The van der Waals surface area contributed by atoms with E-state index in [4.69, 9.17) is 14.2 Å². The van der Waals surface area contributed by atoms with Crippen LogP contribution in [0.4, 0.5) is 0 Å². The van der Waals surface area contributed by atoms with E-state index in [-0.39, 0.29) is 53.6 Å². The fourth-order valence-corrected chi connectivity index (χ4v) is 3.98. The molecule has 3 rings (SSSR count). The highest BCUT2D eigenvalue weighted by Gasteiger charge is 2.34. The third-order valence-corrected chi connectivity index (χ3v) is 6.04. The van der Waals surface area contributed by atoms with Gasteiger partial charge in [0.2, 0.25) is 5.91 Å². The maximum Gasteiger partial charge on any atom is 0.258 e. The molecule has 0 radical (unpaired) electrons. The largest absolute Gasteiger partial charge is 0.489 e. The van der Waals surface area contributed by atoms with E-state index < -0.39 is 6.04 Å². The minimum Gasteiger partial charge on any atom is -0.489 e. The van der Waals surface area contributed by atoms with Crippen molar-refractivity contribution in [3.63, 3.8) is 0 Å². The molecule has 0 saturated carbocycles. The maximum absolute atomic E-state index is 13.2. The topological polar surface area (TPSA) is 92.1 Å². The van der Waals surface area contributed by atoms with Gasteiger partial charge in [-0.3, -0.25) is 9.59 Å². The quantitative estimate of drug-likeness (QED) is 0.695. The van der Waals surface area contributed by atoms with Gasteiger partial charge in [-0.05, 0) is 38.3 Å². The highest BCUT2D eigenvalue weighted by atomic mass is 16.6. The van der Waals surface area contributed by atoms with Crippen LogP contribution in [-0.2, 0) is 14.3 Å². The van der Waals surface area contributed by atoms with Crippen LogP contribution < -0.4 is 4.74 Å². The van der Waals surface area contributed by atoms with Crippen LogP contribution >= 0.6 is 0 Å². The third-order valence-electron chi connectivity index (χ3n) is 6.04. The lowest BCUT2D eigenvalue weighted by molar-refractivity contribution is -0.146. The Morgan fingerprint density at radius 1 is 1.20 bits per heavy atom. The maximum atomic E-state index is 13.2. The van der Waals surface area contributed by atoms with E-state index in [0.717, 1.165) is 12.8 Å². The standard InChI is InChI=1S/C22H29N3O5/c1-14-21(26)24(2)11-10-16-8-9-18(28-4)19(30-16)13-29-20-15(12-23)6-5-7-17(20)22(27)25(14)3/h5-7,14,16,18-19H,8-11,13H2,1-4H3/t14-,16+,18-,19-/m0/s1. The SMILES string of the molecule is CO[C@H]1CC[C@@H]2CCN(C)C(=O)[C@H](C)N(C)C(=O)c3cccc(C#N)c3OC[C@@H]1O2. The molecule has 1 saturated heterocycles. The molecule has 2 aliphatic heterocycles. The Bertz CT molecular complexity index is 837. The number of hydrogen-bond acceptors (Lipinski definition) is 6. The Morgan fingerprint density at radius 2 is 1.97 bits per heavy atom. The fourth-order valence-electron chi connectivity index (χ4n) is 3.98. The molecular weight excluding hydrogens is 386 g/mol. The lowest BCUT2D eigenvalue weighted by Crippen LogP contribution is -2.48. The Kier molecular flexibility index (Phi) is 6.95. The fraction of sp³-hybridized carbons (Fsp3) is 0.591. The van der Waals surface area contributed by atoms with Crippen molar-refractivity contribution in [1.82, 2.24) is 9.80 Å². The van der Waals surface area contributed by atoms with Crippen molar-refractivity contribution in [1.29, 1.82) is 5.26 Å². The second-order valence-corrected chi connectivity index (χ2v) is 7.89. The van der Waals surface area contributed by atoms with Gasteiger partial charge in [-0.25, -0.2) is 0 Å². The normalized spacial score (nSPS) is 28.2. The molecule has 0 unspecified atom stereocenters. The number of benzene rings is 1. The molecule has 0 spiro atoms. The number of likely N-dealkylation sites (N-methyl/N-ethyl adjacent to an activating group) is 2.